The molecule has 0 fully saturated rings. The van der Waals surface area contributed by atoms with E-state index in [2.05, 4.69) is 4.52 Å². The SMILES string of the molecule is COP(=O)(O)OCC(OC(=O)C(C)(C)CC(C)(C)C)OC(=O)C(C)(C)CC(C)(C)C. The Morgan fingerprint density at radius 3 is 1.40 bits per heavy atom. The molecule has 30 heavy (non-hydrogen) atoms. The Labute approximate surface area is 181 Å². The van der Waals surface area contributed by atoms with E-state index in [4.69, 9.17) is 14.0 Å². The summed E-state index contributed by atoms with van der Waals surface area (Å²) in [5, 5.41) is 0. The minimum Gasteiger partial charge on any atom is -0.422 e. The van der Waals surface area contributed by atoms with E-state index in [1.165, 1.54) is 0 Å². The summed E-state index contributed by atoms with van der Waals surface area (Å²) in [5.74, 6) is -1.20. The Morgan fingerprint density at radius 2 is 1.13 bits per heavy atom. The van der Waals surface area contributed by atoms with E-state index in [1.807, 2.05) is 41.5 Å². The lowest BCUT2D eigenvalue weighted by Gasteiger charge is -2.34. The summed E-state index contributed by atoms with van der Waals surface area (Å²) in [6, 6.07) is 0. The van der Waals surface area contributed by atoms with Gasteiger partial charge in [0.15, 0.2) is 0 Å². The average Bonchev–Trinajstić information content (AvgIpc) is 2.47. The smallest absolute Gasteiger partial charge is 0.422 e. The summed E-state index contributed by atoms with van der Waals surface area (Å²) in [5.41, 5.74) is -2.02. The van der Waals surface area contributed by atoms with Crippen molar-refractivity contribution in [2.45, 2.75) is 88.4 Å². The van der Waals surface area contributed by atoms with E-state index in [0.717, 1.165) is 7.11 Å². The molecule has 178 valence electrons. The molecule has 0 aromatic heterocycles. The third-order valence-electron chi connectivity index (χ3n) is 4.13. The molecule has 0 aliphatic heterocycles. The fourth-order valence-corrected chi connectivity index (χ4v) is 4.07. The highest BCUT2D eigenvalue weighted by molar-refractivity contribution is 7.47. The molecular weight excluding hydrogens is 411 g/mol. The van der Waals surface area contributed by atoms with Gasteiger partial charge in [-0.3, -0.25) is 18.6 Å². The molecule has 0 saturated heterocycles. The second-order valence-electron chi connectivity index (χ2n) is 11.4. The molecule has 0 bridgehead atoms. The van der Waals surface area contributed by atoms with Crippen LogP contribution >= 0.6 is 7.82 Å². The van der Waals surface area contributed by atoms with Crippen LogP contribution in [-0.4, -0.2) is 36.8 Å². The van der Waals surface area contributed by atoms with Crippen LogP contribution in [0.4, 0.5) is 0 Å². The fourth-order valence-electron chi connectivity index (χ4n) is 3.65. The lowest BCUT2D eigenvalue weighted by atomic mass is 9.76. The Kier molecular flexibility index (Phi) is 9.79. The lowest BCUT2D eigenvalue weighted by molar-refractivity contribution is -0.207. The average molecular weight is 453 g/mol. The van der Waals surface area contributed by atoms with Crippen molar-refractivity contribution in [1.29, 1.82) is 0 Å². The van der Waals surface area contributed by atoms with Gasteiger partial charge in [-0.05, 0) is 51.4 Å². The summed E-state index contributed by atoms with van der Waals surface area (Å²) >= 11 is 0. The number of hydrogen-bond acceptors (Lipinski definition) is 7. The van der Waals surface area contributed by atoms with E-state index in [0.29, 0.717) is 12.8 Å². The zero-order valence-electron chi connectivity index (χ0n) is 20.5. The molecule has 1 N–H and O–H groups in total. The Hall–Kier alpha value is -0.950. The van der Waals surface area contributed by atoms with E-state index < -0.39 is 43.5 Å². The second-order valence-corrected chi connectivity index (χ2v) is 13.0. The quantitative estimate of drug-likeness (QED) is 0.277. The highest BCUT2D eigenvalue weighted by Crippen LogP contribution is 2.42. The van der Waals surface area contributed by atoms with E-state index in [9.17, 15) is 19.0 Å². The van der Waals surface area contributed by atoms with Gasteiger partial charge >= 0.3 is 19.8 Å². The van der Waals surface area contributed by atoms with Crippen LogP contribution in [-0.2, 0) is 32.7 Å². The molecule has 0 amide bonds. The first-order valence-electron chi connectivity index (χ1n) is 10.1. The summed E-state index contributed by atoms with van der Waals surface area (Å²) in [7, 11) is -3.34. The van der Waals surface area contributed by atoms with Crippen molar-refractivity contribution in [3.8, 4) is 0 Å². The van der Waals surface area contributed by atoms with Gasteiger partial charge < -0.3 is 14.4 Å². The van der Waals surface area contributed by atoms with Gasteiger partial charge in [0.2, 0.25) is 0 Å². The summed E-state index contributed by atoms with van der Waals surface area (Å²) < 4.78 is 31.6. The van der Waals surface area contributed by atoms with Crippen molar-refractivity contribution < 1.29 is 37.6 Å². The van der Waals surface area contributed by atoms with E-state index in [-0.39, 0.29) is 10.8 Å². The number of carbonyl (C=O) groups excluding carboxylic acids is 2. The van der Waals surface area contributed by atoms with Crippen LogP contribution in [0.25, 0.3) is 0 Å². The number of phosphoric acid groups is 1. The molecular formula is C21H41O8P. The third-order valence-corrected chi connectivity index (χ3v) is 5.07. The molecule has 0 aliphatic rings. The zero-order valence-corrected chi connectivity index (χ0v) is 21.3. The number of esters is 2. The van der Waals surface area contributed by atoms with Crippen LogP contribution in [0.2, 0.25) is 0 Å². The Bertz CT molecular complexity index is 598. The molecule has 1 atom stereocenters. The van der Waals surface area contributed by atoms with Gasteiger partial charge in [0.1, 0.15) is 6.61 Å². The van der Waals surface area contributed by atoms with Gasteiger partial charge in [-0.25, -0.2) is 4.57 Å². The highest BCUT2D eigenvalue weighted by Gasteiger charge is 2.39. The van der Waals surface area contributed by atoms with Crippen molar-refractivity contribution in [1.82, 2.24) is 0 Å². The van der Waals surface area contributed by atoms with E-state index >= 15 is 0 Å². The highest BCUT2D eigenvalue weighted by atomic mass is 31.2. The van der Waals surface area contributed by atoms with Gasteiger partial charge in [-0.2, -0.15) is 0 Å². The zero-order chi connectivity index (χ0) is 24.2. The van der Waals surface area contributed by atoms with Crippen LogP contribution < -0.4 is 0 Å². The second kappa shape index (κ2) is 10.1. The maximum atomic E-state index is 12.8. The number of ether oxygens (including phenoxy) is 2. The molecule has 0 radical (unpaired) electrons. The molecule has 0 saturated carbocycles. The molecule has 0 aromatic rings. The van der Waals surface area contributed by atoms with Gasteiger partial charge in [0.25, 0.3) is 6.29 Å². The van der Waals surface area contributed by atoms with Crippen molar-refractivity contribution in [2.24, 2.45) is 21.7 Å². The van der Waals surface area contributed by atoms with Crippen molar-refractivity contribution in [3.05, 3.63) is 0 Å². The molecule has 1 unspecified atom stereocenters. The summed E-state index contributed by atoms with van der Waals surface area (Å²) in [6.07, 6.45) is -0.446. The van der Waals surface area contributed by atoms with E-state index in [1.54, 1.807) is 27.7 Å². The standard InChI is InChI=1S/C21H41O8P/c1-18(2,3)13-20(7,8)16(22)28-15(12-27-30(24,25)26-11)29-17(23)21(9,10)14-19(4,5)6/h15H,12-14H2,1-11H3,(H,24,25). The Morgan fingerprint density at radius 1 is 0.800 bits per heavy atom. The minimum absolute atomic E-state index is 0.142. The summed E-state index contributed by atoms with van der Waals surface area (Å²) in [4.78, 5) is 35.0. The minimum atomic E-state index is -4.35. The molecule has 0 spiro atoms. The monoisotopic (exact) mass is 452 g/mol. The van der Waals surface area contributed by atoms with Gasteiger partial charge in [0, 0.05) is 7.11 Å². The summed E-state index contributed by atoms with van der Waals surface area (Å²) in [6.45, 7) is 18.3. The molecule has 0 rings (SSSR count). The van der Waals surface area contributed by atoms with Crippen LogP contribution in [0.3, 0.4) is 0 Å². The largest absolute Gasteiger partial charge is 0.472 e. The van der Waals surface area contributed by atoms with Gasteiger partial charge in [-0.1, -0.05) is 41.5 Å². The first kappa shape index (κ1) is 29.1. The van der Waals surface area contributed by atoms with Crippen molar-refractivity contribution >= 4 is 19.8 Å². The van der Waals surface area contributed by atoms with Crippen LogP contribution in [0.5, 0.6) is 0 Å². The van der Waals surface area contributed by atoms with Crippen LogP contribution in [0, 0.1) is 21.7 Å². The van der Waals surface area contributed by atoms with Crippen molar-refractivity contribution in [2.75, 3.05) is 13.7 Å². The number of phosphoric ester groups is 1. The van der Waals surface area contributed by atoms with Crippen molar-refractivity contribution in [3.63, 3.8) is 0 Å². The first-order valence-corrected chi connectivity index (χ1v) is 11.6. The Balaban J connectivity index is 5.50. The molecule has 0 aliphatic carbocycles. The third kappa shape index (κ3) is 11.4. The number of carbonyl (C=O) groups is 2. The molecule has 0 heterocycles. The number of hydrogen-bond donors (Lipinski definition) is 1. The maximum absolute atomic E-state index is 12.8. The molecule has 8 nitrogen and oxygen atoms in total. The lowest BCUT2D eigenvalue weighted by Crippen LogP contribution is -2.40. The van der Waals surface area contributed by atoms with Gasteiger partial charge in [-0.15, -0.1) is 0 Å². The molecule has 0 aromatic carbocycles. The number of rotatable bonds is 10. The maximum Gasteiger partial charge on any atom is 0.472 e. The van der Waals surface area contributed by atoms with Crippen LogP contribution in [0.15, 0.2) is 0 Å². The van der Waals surface area contributed by atoms with Gasteiger partial charge in [0.05, 0.1) is 10.8 Å². The normalized spacial score (nSPS) is 15.6. The predicted octanol–water partition coefficient (Wildman–Crippen LogP) is 5.09. The van der Waals surface area contributed by atoms with Crippen LogP contribution in [0.1, 0.15) is 82.1 Å². The predicted molar refractivity (Wildman–Crippen MR) is 114 cm³/mol. The topological polar surface area (TPSA) is 108 Å². The fraction of sp³-hybridized carbons (Fsp3) is 0.905. The molecule has 9 heteroatoms. The first-order chi connectivity index (χ1) is 13.1.